The summed E-state index contributed by atoms with van der Waals surface area (Å²) in [5.41, 5.74) is 4.21. The number of aromatic nitrogens is 1. The number of benzene rings is 2. The van der Waals surface area contributed by atoms with Gasteiger partial charge in [-0.15, -0.1) is 0 Å². The molecule has 0 aliphatic carbocycles. The van der Waals surface area contributed by atoms with E-state index >= 15 is 0 Å². The van der Waals surface area contributed by atoms with Crippen molar-refractivity contribution in [3.8, 4) is 17.2 Å². The quantitative estimate of drug-likeness (QED) is 0.633. The van der Waals surface area contributed by atoms with Gasteiger partial charge in [-0.1, -0.05) is 0 Å². The van der Waals surface area contributed by atoms with Crippen LogP contribution in [-0.2, 0) is 0 Å². The average Bonchev–Trinajstić information content (AvgIpc) is 3.42. The summed E-state index contributed by atoms with van der Waals surface area (Å²) in [7, 11) is 4.71. The van der Waals surface area contributed by atoms with E-state index < -0.39 is 0 Å². The van der Waals surface area contributed by atoms with Gasteiger partial charge in [-0.3, -0.25) is 4.79 Å². The molecule has 1 aliphatic heterocycles. The number of hydrogen-bond donors (Lipinski definition) is 2. The van der Waals surface area contributed by atoms with Crippen LogP contribution in [0.1, 0.15) is 28.9 Å². The Bertz CT molecular complexity index is 1080. The topological polar surface area (TPSA) is 75.8 Å². The van der Waals surface area contributed by atoms with Gasteiger partial charge < -0.3 is 29.4 Å². The van der Waals surface area contributed by atoms with Gasteiger partial charge in [0.05, 0.1) is 26.8 Å². The molecule has 30 heavy (non-hydrogen) atoms. The summed E-state index contributed by atoms with van der Waals surface area (Å²) in [5.74, 6) is 1.42. The van der Waals surface area contributed by atoms with Crippen molar-refractivity contribution in [2.75, 3.05) is 44.6 Å². The van der Waals surface area contributed by atoms with E-state index in [1.54, 1.807) is 33.5 Å². The van der Waals surface area contributed by atoms with E-state index in [9.17, 15) is 4.79 Å². The molecule has 1 amide bonds. The number of nitrogens with one attached hydrogen (secondary N) is 2. The number of H-pyrrole nitrogens is 1. The molecule has 1 aromatic heterocycles. The number of methoxy groups -OCH3 is 3. The van der Waals surface area contributed by atoms with E-state index in [4.69, 9.17) is 14.2 Å². The van der Waals surface area contributed by atoms with Crippen molar-refractivity contribution in [3.63, 3.8) is 0 Å². The molecule has 2 N–H and O–H groups in total. The molecule has 2 aromatic carbocycles. The van der Waals surface area contributed by atoms with E-state index in [1.807, 2.05) is 12.1 Å². The van der Waals surface area contributed by atoms with Gasteiger partial charge in [0, 0.05) is 35.9 Å². The van der Waals surface area contributed by atoms with Gasteiger partial charge in [0.2, 0.25) is 0 Å². The molecular weight excluding hydrogens is 382 g/mol. The minimum absolute atomic E-state index is 0.234. The van der Waals surface area contributed by atoms with Gasteiger partial charge in [-0.2, -0.15) is 0 Å². The SMILES string of the molecule is COc1cc(OC)c2cc(C(=O)Nc3ccc(N4CCCC4)c(C)c3)[nH]c2c1OC. The highest BCUT2D eigenvalue weighted by Gasteiger charge is 2.20. The van der Waals surface area contributed by atoms with Crippen LogP contribution >= 0.6 is 0 Å². The van der Waals surface area contributed by atoms with E-state index in [0.717, 1.165) is 29.7 Å². The summed E-state index contributed by atoms with van der Waals surface area (Å²) in [5, 5.41) is 3.73. The van der Waals surface area contributed by atoms with Gasteiger partial charge in [-0.25, -0.2) is 0 Å². The van der Waals surface area contributed by atoms with E-state index in [1.165, 1.54) is 18.5 Å². The molecule has 3 aromatic rings. The van der Waals surface area contributed by atoms with Gasteiger partial charge in [-0.05, 0) is 49.6 Å². The van der Waals surface area contributed by atoms with Crippen LogP contribution in [0.5, 0.6) is 17.2 Å². The zero-order valence-corrected chi connectivity index (χ0v) is 17.8. The number of ether oxygens (including phenoxy) is 3. The Morgan fingerprint density at radius 2 is 1.73 bits per heavy atom. The molecule has 0 saturated carbocycles. The van der Waals surface area contributed by atoms with Crippen molar-refractivity contribution in [1.82, 2.24) is 4.98 Å². The van der Waals surface area contributed by atoms with Gasteiger partial charge in [0.25, 0.3) is 5.91 Å². The predicted octanol–water partition coefficient (Wildman–Crippen LogP) is 4.35. The number of amides is 1. The minimum atomic E-state index is -0.234. The minimum Gasteiger partial charge on any atom is -0.496 e. The lowest BCUT2D eigenvalue weighted by Gasteiger charge is -2.20. The maximum Gasteiger partial charge on any atom is 0.272 e. The Kier molecular flexibility index (Phi) is 5.44. The van der Waals surface area contributed by atoms with Crippen molar-refractivity contribution in [3.05, 3.63) is 41.6 Å². The first kappa shape index (κ1) is 19.9. The maximum atomic E-state index is 12.9. The summed E-state index contributed by atoms with van der Waals surface area (Å²) in [6.07, 6.45) is 2.46. The Hall–Kier alpha value is -3.35. The lowest BCUT2D eigenvalue weighted by atomic mass is 10.1. The molecule has 0 atom stereocenters. The molecule has 158 valence electrons. The number of hydrogen-bond acceptors (Lipinski definition) is 5. The third-order valence-electron chi connectivity index (χ3n) is 5.59. The third-order valence-corrected chi connectivity index (χ3v) is 5.59. The number of carbonyl (C=O) groups is 1. The second-order valence-electron chi connectivity index (χ2n) is 7.44. The third kappa shape index (κ3) is 3.51. The van der Waals surface area contributed by atoms with Crippen LogP contribution in [0.25, 0.3) is 10.9 Å². The molecule has 4 rings (SSSR count). The highest BCUT2D eigenvalue weighted by molar-refractivity contribution is 6.08. The van der Waals surface area contributed by atoms with Gasteiger partial charge in [0.15, 0.2) is 11.5 Å². The molecule has 0 bridgehead atoms. The Balaban J connectivity index is 1.62. The smallest absolute Gasteiger partial charge is 0.272 e. The molecule has 2 heterocycles. The molecular formula is C23H27N3O4. The zero-order chi connectivity index (χ0) is 21.3. The summed E-state index contributed by atoms with van der Waals surface area (Å²) in [6.45, 7) is 4.26. The standard InChI is InChI=1S/C23H27N3O4/c1-14-11-15(7-8-18(14)26-9-5-6-10-26)24-23(27)17-12-16-19(28-2)13-20(29-3)22(30-4)21(16)25-17/h7-8,11-13,25H,5-6,9-10H2,1-4H3,(H,24,27). The Morgan fingerprint density at radius 1 is 1.00 bits per heavy atom. The molecule has 7 nitrogen and oxygen atoms in total. The van der Waals surface area contributed by atoms with Crippen molar-refractivity contribution >= 4 is 28.2 Å². The average molecular weight is 409 g/mol. The maximum absolute atomic E-state index is 12.9. The van der Waals surface area contributed by atoms with Crippen LogP contribution in [-0.4, -0.2) is 45.3 Å². The first-order valence-corrected chi connectivity index (χ1v) is 10.0. The fourth-order valence-electron chi connectivity index (χ4n) is 4.10. The summed E-state index contributed by atoms with van der Waals surface area (Å²) < 4.78 is 16.3. The molecule has 1 saturated heterocycles. The largest absolute Gasteiger partial charge is 0.496 e. The Labute approximate surface area is 175 Å². The van der Waals surface area contributed by atoms with Gasteiger partial charge in [0.1, 0.15) is 11.4 Å². The van der Waals surface area contributed by atoms with Crippen LogP contribution in [0, 0.1) is 6.92 Å². The van der Waals surface area contributed by atoms with Crippen LogP contribution < -0.4 is 24.4 Å². The summed E-state index contributed by atoms with van der Waals surface area (Å²) >= 11 is 0. The van der Waals surface area contributed by atoms with E-state index in [-0.39, 0.29) is 5.91 Å². The monoisotopic (exact) mass is 409 g/mol. The van der Waals surface area contributed by atoms with Gasteiger partial charge >= 0.3 is 0 Å². The molecule has 0 spiro atoms. The van der Waals surface area contributed by atoms with Crippen LogP contribution in [0.4, 0.5) is 11.4 Å². The first-order chi connectivity index (χ1) is 14.5. The fraction of sp³-hybridized carbons (Fsp3) is 0.348. The number of carbonyl (C=O) groups excluding carboxylic acids is 1. The molecule has 7 heteroatoms. The molecule has 1 fully saturated rings. The highest BCUT2D eigenvalue weighted by atomic mass is 16.5. The van der Waals surface area contributed by atoms with E-state index in [2.05, 4.69) is 28.2 Å². The summed E-state index contributed by atoms with van der Waals surface area (Å²) in [6, 6.07) is 9.55. The molecule has 0 radical (unpaired) electrons. The van der Waals surface area contributed by atoms with Crippen molar-refractivity contribution in [2.24, 2.45) is 0 Å². The number of nitrogens with zero attached hydrogens (tertiary/aromatic N) is 1. The number of aryl methyl sites for hydroxylation is 1. The fourth-order valence-corrected chi connectivity index (χ4v) is 4.10. The number of rotatable bonds is 6. The lowest BCUT2D eigenvalue weighted by Crippen LogP contribution is -2.19. The predicted molar refractivity (Wildman–Crippen MR) is 119 cm³/mol. The molecule has 1 aliphatic rings. The zero-order valence-electron chi connectivity index (χ0n) is 17.8. The summed E-state index contributed by atoms with van der Waals surface area (Å²) in [4.78, 5) is 18.5. The Morgan fingerprint density at radius 3 is 2.37 bits per heavy atom. The highest BCUT2D eigenvalue weighted by Crippen LogP contribution is 2.41. The molecule has 0 unspecified atom stereocenters. The van der Waals surface area contributed by atoms with E-state index in [0.29, 0.717) is 28.5 Å². The second-order valence-corrected chi connectivity index (χ2v) is 7.44. The number of fused-ring (bicyclic) bond motifs is 1. The number of aromatic amines is 1. The van der Waals surface area contributed by atoms with Crippen molar-refractivity contribution < 1.29 is 19.0 Å². The van der Waals surface area contributed by atoms with Crippen LogP contribution in [0.3, 0.4) is 0 Å². The van der Waals surface area contributed by atoms with Crippen molar-refractivity contribution in [2.45, 2.75) is 19.8 Å². The second kappa shape index (κ2) is 8.18. The van der Waals surface area contributed by atoms with Crippen LogP contribution in [0.2, 0.25) is 0 Å². The normalized spacial score (nSPS) is 13.5. The van der Waals surface area contributed by atoms with Crippen molar-refractivity contribution in [1.29, 1.82) is 0 Å². The first-order valence-electron chi connectivity index (χ1n) is 10.0. The van der Waals surface area contributed by atoms with Crippen LogP contribution in [0.15, 0.2) is 30.3 Å². The number of anilines is 2. The lowest BCUT2D eigenvalue weighted by molar-refractivity contribution is 0.102.